The zero-order valence-corrected chi connectivity index (χ0v) is 14.8. The maximum absolute atomic E-state index is 14.1. The molecule has 142 valence electrons. The predicted octanol–water partition coefficient (Wildman–Crippen LogP) is 2.81. The number of esters is 1. The molecule has 2 aromatic carbocycles. The number of nitrogens with zero attached hydrogens (tertiary/aromatic N) is 1. The second kappa shape index (κ2) is 7.83. The van der Waals surface area contributed by atoms with Gasteiger partial charge in [0.1, 0.15) is 17.1 Å². The van der Waals surface area contributed by atoms with Gasteiger partial charge < -0.3 is 4.74 Å². The molecule has 8 heteroatoms. The Bertz CT molecular complexity index is 1020. The maximum Gasteiger partial charge on any atom is 0.336 e. The summed E-state index contributed by atoms with van der Waals surface area (Å²) in [5.41, 5.74) is -0.400. The van der Waals surface area contributed by atoms with Gasteiger partial charge in [-0.25, -0.2) is 14.1 Å². The first-order valence-electron chi connectivity index (χ1n) is 8.38. The highest BCUT2D eigenvalue weighted by molar-refractivity contribution is 6.39. The number of rotatable bonds is 4. The number of halogens is 1. The summed E-state index contributed by atoms with van der Waals surface area (Å²) in [6.45, 7) is 1.62. The standard InChI is InChI=1S/C20H15FN2O5/c1-2-17(24)28-16-10-6-3-7-12(16)11-13-18(25)22-20(27)23(19(13)26)15-9-5-4-8-14(15)21/h3-11H,2H2,1H3,(H,22,25,27). The van der Waals surface area contributed by atoms with Gasteiger partial charge in [-0.1, -0.05) is 37.3 Å². The Morgan fingerprint density at radius 1 is 1.11 bits per heavy atom. The van der Waals surface area contributed by atoms with Crippen LogP contribution in [0.4, 0.5) is 14.9 Å². The van der Waals surface area contributed by atoms with Crippen LogP contribution in [-0.2, 0) is 14.4 Å². The molecule has 1 aliphatic rings. The average molecular weight is 382 g/mol. The summed E-state index contributed by atoms with van der Waals surface area (Å²) < 4.78 is 19.3. The third-order valence-electron chi connectivity index (χ3n) is 3.93. The van der Waals surface area contributed by atoms with Crippen molar-refractivity contribution in [2.75, 3.05) is 4.90 Å². The van der Waals surface area contributed by atoms with Crippen LogP contribution in [0.2, 0.25) is 0 Å². The van der Waals surface area contributed by atoms with E-state index >= 15 is 0 Å². The lowest BCUT2D eigenvalue weighted by atomic mass is 10.1. The van der Waals surface area contributed by atoms with E-state index in [1.54, 1.807) is 19.1 Å². The molecular weight excluding hydrogens is 367 g/mol. The fourth-order valence-corrected chi connectivity index (χ4v) is 2.55. The SMILES string of the molecule is CCC(=O)Oc1ccccc1C=C1C(=O)NC(=O)N(c2ccccc2F)C1=O. The lowest BCUT2D eigenvalue weighted by Crippen LogP contribution is -2.54. The van der Waals surface area contributed by atoms with Crippen LogP contribution >= 0.6 is 0 Å². The van der Waals surface area contributed by atoms with Crippen molar-refractivity contribution in [2.24, 2.45) is 0 Å². The summed E-state index contributed by atoms with van der Waals surface area (Å²) >= 11 is 0. The van der Waals surface area contributed by atoms with Gasteiger partial charge in [0.2, 0.25) is 0 Å². The van der Waals surface area contributed by atoms with E-state index in [4.69, 9.17) is 4.74 Å². The summed E-state index contributed by atoms with van der Waals surface area (Å²) in [5, 5.41) is 2.01. The van der Waals surface area contributed by atoms with Gasteiger partial charge in [-0.2, -0.15) is 0 Å². The Morgan fingerprint density at radius 2 is 1.79 bits per heavy atom. The number of hydrogen-bond acceptors (Lipinski definition) is 5. The molecule has 0 spiro atoms. The van der Waals surface area contributed by atoms with Gasteiger partial charge in [-0.05, 0) is 24.3 Å². The number of hydrogen-bond donors (Lipinski definition) is 1. The van der Waals surface area contributed by atoms with Crippen molar-refractivity contribution >= 4 is 35.6 Å². The first kappa shape index (κ1) is 19.0. The van der Waals surface area contributed by atoms with Gasteiger partial charge in [0.05, 0.1) is 5.69 Å². The molecule has 0 radical (unpaired) electrons. The minimum absolute atomic E-state index is 0.139. The van der Waals surface area contributed by atoms with Crippen molar-refractivity contribution in [3.63, 3.8) is 0 Å². The minimum Gasteiger partial charge on any atom is -0.426 e. The number of benzene rings is 2. The molecule has 3 rings (SSSR count). The van der Waals surface area contributed by atoms with Crippen LogP contribution in [0.25, 0.3) is 6.08 Å². The Kier molecular flexibility index (Phi) is 5.30. The summed E-state index contributed by atoms with van der Waals surface area (Å²) in [7, 11) is 0. The molecule has 1 saturated heterocycles. The minimum atomic E-state index is -1.05. The van der Waals surface area contributed by atoms with E-state index in [0.29, 0.717) is 4.90 Å². The van der Waals surface area contributed by atoms with Crippen LogP contribution in [0.15, 0.2) is 54.1 Å². The van der Waals surface area contributed by atoms with Gasteiger partial charge in [-0.15, -0.1) is 0 Å². The van der Waals surface area contributed by atoms with E-state index in [-0.39, 0.29) is 23.4 Å². The normalized spacial score (nSPS) is 15.6. The fourth-order valence-electron chi connectivity index (χ4n) is 2.55. The molecule has 1 N–H and O–H groups in total. The molecule has 0 bridgehead atoms. The quantitative estimate of drug-likeness (QED) is 0.380. The first-order chi connectivity index (χ1) is 13.4. The van der Waals surface area contributed by atoms with Gasteiger partial charge in [0.15, 0.2) is 0 Å². The van der Waals surface area contributed by atoms with E-state index in [1.165, 1.54) is 36.4 Å². The summed E-state index contributed by atoms with van der Waals surface area (Å²) in [6.07, 6.45) is 1.33. The van der Waals surface area contributed by atoms with Crippen molar-refractivity contribution in [1.82, 2.24) is 5.32 Å². The van der Waals surface area contributed by atoms with Gasteiger partial charge >= 0.3 is 12.0 Å². The van der Waals surface area contributed by atoms with Crippen LogP contribution in [0, 0.1) is 5.82 Å². The zero-order chi connectivity index (χ0) is 20.3. The first-order valence-corrected chi connectivity index (χ1v) is 8.38. The lowest BCUT2D eigenvalue weighted by molar-refractivity contribution is -0.134. The number of amides is 4. The van der Waals surface area contributed by atoms with Crippen LogP contribution in [0.1, 0.15) is 18.9 Å². The van der Waals surface area contributed by atoms with E-state index in [2.05, 4.69) is 0 Å². The monoisotopic (exact) mass is 382 g/mol. The highest BCUT2D eigenvalue weighted by atomic mass is 19.1. The maximum atomic E-state index is 14.1. The Balaban J connectivity index is 2.03. The molecule has 1 aliphatic heterocycles. The van der Waals surface area contributed by atoms with Crippen molar-refractivity contribution < 1.29 is 28.3 Å². The van der Waals surface area contributed by atoms with Crippen molar-refractivity contribution in [3.05, 3.63) is 65.5 Å². The molecule has 28 heavy (non-hydrogen) atoms. The Morgan fingerprint density at radius 3 is 2.50 bits per heavy atom. The molecule has 0 aromatic heterocycles. The largest absolute Gasteiger partial charge is 0.426 e. The zero-order valence-electron chi connectivity index (χ0n) is 14.8. The Hall–Kier alpha value is -3.81. The van der Waals surface area contributed by atoms with Crippen LogP contribution in [0.3, 0.4) is 0 Å². The molecule has 0 saturated carbocycles. The van der Waals surface area contributed by atoms with Crippen LogP contribution < -0.4 is 15.0 Å². The number of nitrogens with one attached hydrogen (secondary N) is 1. The second-order valence-electron chi connectivity index (χ2n) is 5.77. The third kappa shape index (κ3) is 3.66. The van der Waals surface area contributed by atoms with Gasteiger partial charge in [0.25, 0.3) is 11.8 Å². The average Bonchev–Trinajstić information content (AvgIpc) is 2.67. The number of anilines is 1. The van der Waals surface area contributed by atoms with E-state index in [9.17, 15) is 23.6 Å². The van der Waals surface area contributed by atoms with E-state index in [1.807, 2.05) is 5.32 Å². The van der Waals surface area contributed by atoms with Crippen molar-refractivity contribution in [2.45, 2.75) is 13.3 Å². The van der Waals surface area contributed by atoms with Gasteiger partial charge in [-0.3, -0.25) is 19.7 Å². The van der Waals surface area contributed by atoms with Crippen molar-refractivity contribution in [3.8, 4) is 5.75 Å². The highest BCUT2D eigenvalue weighted by Crippen LogP contribution is 2.27. The van der Waals surface area contributed by atoms with E-state index < -0.39 is 35.2 Å². The van der Waals surface area contributed by atoms with Crippen LogP contribution in [0.5, 0.6) is 5.75 Å². The summed E-state index contributed by atoms with van der Waals surface area (Å²) in [5.74, 6) is -3.06. The van der Waals surface area contributed by atoms with Gasteiger partial charge in [0, 0.05) is 12.0 Å². The highest BCUT2D eigenvalue weighted by Gasteiger charge is 2.38. The molecule has 0 atom stereocenters. The number of imide groups is 2. The molecule has 1 fully saturated rings. The van der Waals surface area contributed by atoms with Crippen molar-refractivity contribution in [1.29, 1.82) is 0 Å². The molecule has 7 nitrogen and oxygen atoms in total. The summed E-state index contributed by atoms with van der Waals surface area (Å²) in [6, 6.07) is 10.4. The molecule has 2 aromatic rings. The summed E-state index contributed by atoms with van der Waals surface area (Å²) in [4.78, 5) is 49.3. The molecule has 4 amide bonds. The Labute approximate surface area is 159 Å². The van der Waals surface area contributed by atoms with Crippen LogP contribution in [-0.4, -0.2) is 23.8 Å². The smallest absolute Gasteiger partial charge is 0.336 e. The predicted molar refractivity (Wildman–Crippen MR) is 97.8 cm³/mol. The molecule has 0 aliphatic carbocycles. The number of carbonyl (C=O) groups excluding carboxylic acids is 4. The number of ether oxygens (including phenoxy) is 1. The molecule has 0 unspecified atom stereocenters. The topological polar surface area (TPSA) is 92.8 Å². The lowest BCUT2D eigenvalue weighted by Gasteiger charge is -2.26. The third-order valence-corrected chi connectivity index (χ3v) is 3.93. The fraction of sp³-hybridized carbons (Fsp3) is 0.100. The number of barbiturate groups is 1. The number of urea groups is 1. The second-order valence-corrected chi connectivity index (χ2v) is 5.77. The number of carbonyl (C=O) groups is 4. The number of para-hydroxylation sites is 2. The molecule has 1 heterocycles. The molecular formula is C20H15FN2O5. The van der Waals surface area contributed by atoms with E-state index in [0.717, 1.165) is 6.07 Å².